The van der Waals surface area contributed by atoms with Crippen LogP contribution in [-0.2, 0) is 4.74 Å². The number of hydrogen-bond acceptors (Lipinski definition) is 4. The van der Waals surface area contributed by atoms with E-state index in [2.05, 4.69) is 5.32 Å². The lowest BCUT2D eigenvalue weighted by molar-refractivity contribution is -0.126. The van der Waals surface area contributed by atoms with E-state index < -0.39 is 0 Å². The molecule has 0 aromatic carbocycles. The fourth-order valence-corrected chi connectivity index (χ4v) is 3.18. The van der Waals surface area contributed by atoms with Crippen LogP contribution in [0.4, 0.5) is 0 Å². The molecule has 1 aromatic rings. The Hall–Kier alpha value is -0.620. The van der Waals surface area contributed by atoms with Gasteiger partial charge in [0.2, 0.25) is 0 Å². The van der Waals surface area contributed by atoms with Crippen LogP contribution >= 0.6 is 23.7 Å². The molecule has 4 nitrogen and oxygen atoms in total. The maximum atomic E-state index is 12.3. The maximum absolute atomic E-state index is 12.3. The number of morpholine rings is 1. The summed E-state index contributed by atoms with van der Waals surface area (Å²) in [6.07, 6.45) is 0. The van der Waals surface area contributed by atoms with Gasteiger partial charge in [0.1, 0.15) is 5.60 Å². The Morgan fingerprint density at radius 3 is 2.83 bits per heavy atom. The van der Waals surface area contributed by atoms with Crippen LogP contribution in [0, 0.1) is 6.92 Å². The molecule has 18 heavy (non-hydrogen) atoms. The van der Waals surface area contributed by atoms with E-state index in [0.29, 0.717) is 13.2 Å². The monoisotopic (exact) mass is 288 g/mol. The largest absolute Gasteiger partial charge is 0.369 e. The first kappa shape index (κ1) is 13.8. The Bertz CT molecular complexity index is 445. The molecule has 3 rings (SSSR count). The molecule has 2 fully saturated rings. The molecule has 0 bridgehead atoms. The second-order valence-electron chi connectivity index (χ2n) is 4.77. The molecular formula is C12H17ClN2O2S. The smallest absolute Gasteiger partial charge is 0.264 e. The number of hydrogen-bond donors (Lipinski definition) is 1. The fourth-order valence-electron chi connectivity index (χ4n) is 2.34. The minimum atomic E-state index is -0.111. The van der Waals surface area contributed by atoms with E-state index in [9.17, 15) is 4.79 Å². The second-order valence-corrected chi connectivity index (χ2v) is 6.06. The highest BCUT2D eigenvalue weighted by Crippen LogP contribution is 2.25. The van der Waals surface area contributed by atoms with Gasteiger partial charge in [0, 0.05) is 24.5 Å². The summed E-state index contributed by atoms with van der Waals surface area (Å²) in [4.78, 5) is 16.2. The number of ether oxygens (including phenoxy) is 1. The Balaban J connectivity index is 0.00000120. The van der Waals surface area contributed by atoms with Crippen molar-refractivity contribution in [2.24, 2.45) is 0 Å². The molecule has 6 heteroatoms. The molecular weight excluding hydrogens is 272 g/mol. The molecule has 2 aliphatic rings. The van der Waals surface area contributed by atoms with Crippen LogP contribution in [-0.4, -0.2) is 49.2 Å². The molecule has 100 valence electrons. The molecule has 1 amide bonds. The first-order chi connectivity index (χ1) is 8.19. The average molecular weight is 289 g/mol. The van der Waals surface area contributed by atoms with Gasteiger partial charge in [-0.2, -0.15) is 0 Å². The van der Waals surface area contributed by atoms with Crippen LogP contribution in [0.5, 0.6) is 0 Å². The molecule has 1 spiro atoms. The quantitative estimate of drug-likeness (QED) is 0.847. The summed E-state index contributed by atoms with van der Waals surface area (Å²) >= 11 is 1.57. The van der Waals surface area contributed by atoms with Gasteiger partial charge in [0.25, 0.3) is 5.91 Å². The first-order valence-corrected chi connectivity index (χ1v) is 6.71. The maximum Gasteiger partial charge on any atom is 0.264 e. The van der Waals surface area contributed by atoms with Crippen LogP contribution < -0.4 is 5.32 Å². The topological polar surface area (TPSA) is 41.6 Å². The summed E-state index contributed by atoms with van der Waals surface area (Å²) < 4.78 is 5.77. The van der Waals surface area contributed by atoms with Crippen molar-refractivity contribution in [3.05, 3.63) is 21.9 Å². The number of carbonyl (C=O) groups is 1. The van der Waals surface area contributed by atoms with Crippen molar-refractivity contribution in [3.8, 4) is 0 Å². The highest BCUT2D eigenvalue weighted by molar-refractivity contribution is 7.13. The standard InChI is InChI=1S/C12H16N2O2S.ClH/c1-9-2-3-10(17-9)11(15)14-4-5-16-12(8-14)6-13-7-12;/h2-3,13H,4-8H2,1H3;1H. The van der Waals surface area contributed by atoms with Crippen molar-refractivity contribution < 1.29 is 9.53 Å². The number of nitrogens with zero attached hydrogens (tertiary/aromatic N) is 1. The van der Waals surface area contributed by atoms with Gasteiger partial charge in [-0.15, -0.1) is 23.7 Å². The molecule has 2 aliphatic heterocycles. The zero-order chi connectivity index (χ0) is 11.9. The fraction of sp³-hybridized carbons (Fsp3) is 0.583. The number of thiophene rings is 1. The zero-order valence-corrected chi connectivity index (χ0v) is 11.9. The van der Waals surface area contributed by atoms with Crippen molar-refractivity contribution in [3.63, 3.8) is 0 Å². The van der Waals surface area contributed by atoms with Crippen LogP contribution in [0.3, 0.4) is 0 Å². The first-order valence-electron chi connectivity index (χ1n) is 5.89. The van der Waals surface area contributed by atoms with Gasteiger partial charge in [-0.25, -0.2) is 0 Å². The Labute approximate surface area is 117 Å². The van der Waals surface area contributed by atoms with Crippen LogP contribution in [0.1, 0.15) is 14.5 Å². The van der Waals surface area contributed by atoms with E-state index in [-0.39, 0.29) is 23.9 Å². The van der Waals surface area contributed by atoms with Gasteiger partial charge >= 0.3 is 0 Å². The Morgan fingerprint density at radius 1 is 1.50 bits per heavy atom. The minimum absolute atomic E-state index is 0. The van der Waals surface area contributed by atoms with Crippen LogP contribution in [0.25, 0.3) is 0 Å². The van der Waals surface area contributed by atoms with E-state index in [4.69, 9.17) is 4.74 Å². The summed E-state index contributed by atoms with van der Waals surface area (Å²) in [5.41, 5.74) is -0.111. The predicted octanol–water partition coefficient (Wildman–Crippen LogP) is 1.29. The molecule has 1 aromatic heterocycles. The molecule has 0 atom stereocenters. The summed E-state index contributed by atoms with van der Waals surface area (Å²) in [5, 5.41) is 3.21. The Kier molecular flexibility index (Phi) is 3.96. The summed E-state index contributed by atoms with van der Waals surface area (Å²) in [5.74, 6) is 0.151. The van der Waals surface area contributed by atoms with Gasteiger partial charge in [0.05, 0.1) is 18.0 Å². The lowest BCUT2D eigenvalue weighted by Gasteiger charge is -2.48. The normalized spacial score (nSPS) is 21.3. The third-order valence-electron chi connectivity index (χ3n) is 3.38. The lowest BCUT2D eigenvalue weighted by Crippen LogP contribution is -2.69. The summed E-state index contributed by atoms with van der Waals surface area (Å²) in [6, 6.07) is 3.92. The number of aryl methyl sites for hydroxylation is 1. The number of halogens is 1. The molecule has 0 saturated carbocycles. The van der Waals surface area contributed by atoms with Crippen LogP contribution in [0.2, 0.25) is 0 Å². The summed E-state index contributed by atoms with van der Waals surface area (Å²) in [7, 11) is 0. The molecule has 1 N–H and O–H groups in total. The number of amides is 1. The molecule has 0 aliphatic carbocycles. The predicted molar refractivity (Wildman–Crippen MR) is 73.8 cm³/mol. The van der Waals surface area contributed by atoms with E-state index in [0.717, 1.165) is 24.5 Å². The van der Waals surface area contributed by atoms with Crippen molar-refractivity contribution in [1.29, 1.82) is 0 Å². The highest BCUT2D eigenvalue weighted by Gasteiger charge is 2.43. The number of carbonyl (C=O) groups excluding carboxylic acids is 1. The van der Waals surface area contributed by atoms with E-state index in [1.807, 2.05) is 24.0 Å². The number of nitrogens with one attached hydrogen (secondary N) is 1. The van der Waals surface area contributed by atoms with Crippen molar-refractivity contribution in [1.82, 2.24) is 10.2 Å². The van der Waals surface area contributed by atoms with E-state index in [1.54, 1.807) is 11.3 Å². The third kappa shape index (κ3) is 2.40. The molecule has 3 heterocycles. The third-order valence-corrected chi connectivity index (χ3v) is 4.37. The van der Waals surface area contributed by atoms with Crippen LogP contribution in [0.15, 0.2) is 12.1 Å². The number of rotatable bonds is 1. The Morgan fingerprint density at radius 2 is 2.28 bits per heavy atom. The summed E-state index contributed by atoms with van der Waals surface area (Å²) in [6.45, 7) is 5.82. The average Bonchev–Trinajstić information content (AvgIpc) is 2.73. The molecule has 0 unspecified atom stereocenters. The van der Waals surface area contributed by atoms with Gasteiger partial charge in [0.15, 0.2) is 0 Å². The van der Waals surface area contributed by atoms with E-state index in [1.165, 1.54) is 4.88 Å². The highest BCUT2D eigenvalue weighted by atomic mass is 35.5. The van der Waals surface area contributed by atoms with Gasteiger partial charge < -0.3 is 15.0 Å². The second kappa shape index (κ2) is 5.17. The lowest BCUT2D eigenvalue weighted by atomic mass is 9.94. The van der Waals surface area contributed by atoms with Crippen molar-refractivity contribution in [2.75, 3.05) is 32.8 Å². The van der Waals surface area contributed by atoms with Gasteiger partial charge in [-0.1, -0.05) is 0 Å². The van der Waals surface area contributed by atoms with Crippen molar-refractivity contribution in [2.45, 2.75) is 12.5 Å². The molecule has 2 saturated heterocycles. The van der Waals surface area contributed by atoms with Gasteiger partial charge in [-0.05, 0) is 19.1 Å². The molecule has 0 radical (unpaired) electrons. The SMILES string of the molecule is Cc1ccc(C(=O)N2CCOC3(CNC3)C2)s1.Cl. The van der Waals surface area contributed by atoms with Gasteiger partial charge in [-0.3, -0.25) is 4.79 Å². The van der Waals surface area contributed by atoms with E-state index >= 15 is 0 Å². The zero-order valence-electron chi connectivity index (χ0n) is 10.3. The minimum Gasteiger partial charge on any atom is -0.369 e. The van der Waals surface area contributed by atoms with Crippen molar-refractivity contribution >= 4 is 29.7 Å².